The van der Waals surface area contributed by atoms with Gasteiger partial charge in [0.25, 0.3) is 0 Å². The van der Waals surface area contributed by atoms with Crippen molar-refractivity contribution < 1.29 is 4.79 Å². The second-order valence-electron chi connectivity index (χ2n) is 3.96. The minimum Gasteiger partial charge on any atom is -0.308 e. The van der Waals surface area contributed by atoms with Crippen LogP contribution in [0.15, 0.2) is 53.0 Å². The van der Waals surface area contributed by atoms with E-state index in [1.165, 1.54) is 0 Å². The van der Waals surface area contributed by atoms with Crippen molar-refractivity contribution in [1.82, 2.24) is 0 Å². The number of benzene rings is 2. The predicted octanol–water partition coefficient (Wildman–Crippen LogP) is 4.40. The molecule has 2 aromatic carbocycles. The summed E-state index contributed by atoms with van der Waals surface area (Å²) in [6, 6.07) is 14.8. The van der Waals surface area contributed by atoms with Crippen LogP contribution in [0, 0.1) is 6.92 Å². The normalized spacial score (nSPS) is 9.89. The largest absolute Gasteiger partial charge is 0.323 e. The SMILES string of the molecule is Cc1cccc(NC(=O)Nc2ccc(Br)cc2)c1. The molecule has 18 heavy (non-hydrogen) atoms. The molecule has 0 aliphatic heterocycles. The average Bonchev–Trinajstić information content (AvgIpc) is 2.32. The Kier molecular flexibility index (Phi) is 3.99. The van der Waals surface area contributed by atoms with Crippen LogP contribution in [0.4, 0.5) is 16.2 Å². The third kappa shape index (κ3) is 3.60. The summed E-state index contributed by atoms with van der Waals surface area (Å²) in [4.78, 5) is 11.7. The first kappa shape index (κ1) is 12.6. The average molecular weight is 305 g/mol. The number of carbonyl (C=O) groups is 1. The summed E-state index contributed by atoms with van der Waals surface area (Å²) in [5.41, 5.74) is 2.64. The number of nitrogens with one attached hydrogen (secondary N) is 2. The molecular formula is C14H13BrN2O. The van der Waals surface area contributed by atoms with Gasteiger partial charge >= 0.3 is 6.03 Å². The van der Waals surface area contributed by atoms with E-state index in [4.69, 9.17) is 0 Å². The minimum absolute atomic E-state index is 0.247. The van der Waals surface area contributed by atoms with E-state index >= 15 is 0 Å². The van der Waals surface area contributed by atoms with Gasteiger partial charge in [0.2, 0.25) is 0 Å². The highest BCUT2D eigenvalue weighted by atomic mass is 79.9. The topological polar surface area (TPSA) is 41.1 Å². The Bertz CT molecular complexity index is 552. The zero-order valence-corrected chi connectivity index (χ0v) is 11.5. The third-order valence-electron chi connectivity index (χ3n) is 2.38. The van der Waals surface area contributed by atoms with Crippen LogP contribution in [0.2, 0.25) is 0 Å². The lowest BCUT2D eigenvalue weighted by Crippen LogP contribution is -2.19. The van der Waals surface area contributed by atoms with E-state index in [1.54, 1.807) is 0 Å². The van der Waals surface area contributed by atoms with Crippen LogP contribution in [0.5, 0.6) is 0 Å². The van der Waals surface area contributed by atoms with Gasteiger partial charge in [-0.15, -0.1) is 0 Å². The van der Waals surface area contributed by atoms with Crippen LogP contribution in [0.1, 0.15) is 5.56 Å². The fourth-order valence-corrected chi connectivity index (χ4v) is 1.81. The van der Waals surface area contributed by atoms with Gasteiger partial charge in [-0.3, -0.25) is 0 Å². The lowest BCUT2D eigenvalue weighted by atomic mass is 10.2. The molecule has 0 atom stereocenters. The Morgan fingerprint density at radius 1 is 1.00 bits per heavy atom. The molecule has 92 valence electrons. The van der Waals surface area contributed by atoms with Crippen molar-refractivity contribution in [2.24, 2.45) is 0 Å². The summed E-state index contributed by atoms with van der Waals surface area (Å²) in [6.45, 7) is 1.98. The molecule has 0 aliphatic carbocycles. The Balaban J connectivity index is 1.98. The van der Waals surface area contributed by atoms with Crippen molar-refractivity contribution in [1.29, 1.82) is 0 Å². The van der Waals surface area contributed by atoms with Gasteiger partial charge in [-0.1, -0.05) is 28.1 Å². The molecule has 0 unspecified atom stereocenters. The van der Waals surface area contributed by atoms with E-state index < -0.39 is 0 Å². The van der Waals surface area contributed by atoms with Crippen LogP contribution in [0.25, 0.3) is 0 Å². The highest BCUT2D eigenvalue weighted by Crippen LogP contribution is 2.15. The summed E-state index contributed by atoms with van der Waals surface area (Å²) < 4.78 is 0.979. The fraction of sp³-hybridized carbons (Fsp3) is 0.0714. The number of hydrogen-bond acceptors (Lipinski definition) is 1. The van der Waals surface area contributed by atoms with E-state index in [1.807, 2.05) is 55.5 Å². The van der Waals surface area contributed by atoms with E-state index in [2.05, 4.69) is 26.6 Å². The van der Waals surface area contributed by atoms with Crippen molar-refractivity contribution >= 4 is 33.3 Å². The smallest absolute Gasteiger partial charge is 0.308 e. The molecule has 4 heteroatoms. The number of anilines is 2. The van der Waals surface area contributed by atoms with Crippen molar-refractivity contribution in [2.45, 2.75) is 6.92 Å². The van der Waals surface area contributed by atoms with Crippen molar-refractivity contribution in [2.75, 3.05) is 10.6 Å². The van der Waals surface area contributed by atoms with E-state index in [9.17, 15) is 4.79 Å². The Morgan fingerprint density at radius 2 is 1.67 bits per heavy atom. The first-order chi connectivity index (χ1) is 8.63. The number of halogens is 1. The van der Waals surface area contributed by atoms with E-state index in [0.717, 1.165) is 21.4 Å². The minimum atomic E-state index is -0.247. The molecule has 0 saturated heterocycles. The number of carbonyl (C=O) groups excluding carboxylic acids is 1. The maximum absolute atomic E-state index is 11.7. The maximum atomic E-state index is 11.7. The van der Waals surface area contributed by atoms with E-state index in [-0.39, 0.29) is 6.03 Å². The molecule has 2 amide bonds. The molecule has 0 heterocycles. The van der Waals surface area contributed by atoms with Gasteiger partial charge in [0.15, 0.2) is 0 Å². The monoisotopic (exact) mass is 304 g/mol. The number of urea groups is 1. The third-order valence-corrected chi connectivity index (χ3v) is 2.91. The first-order valence-corrected chi connectivity index (χ1v) is 6.33. The van der Waals surface area contributed by atoms with E-state index in [0.29, 0.717) is 0 Å². The molecule has 3 nitrogen and oxygen atoms in total. The lowest BCUT2D eigenvalue weighted by Gasteiger charge is -2.08. The molecule has 2 aromatic rings. The Morgan fingerprint density at radius 3 is 2.33 bits per heavy atom. The summed E-state index contributed by atoms with van der Waals surface area (Å²) in [7, 11) is 0. The lowest BCUT2D eigenvalue weighted by molar-refractivity contribution is 0.262. The van der Waals surface area contributed by atoms with Gasteiger partial charge in [-0.25, -0.2) is 4.79 Å². The second kappa shape index (κ2) is 5.69. The van der Waals surface area contributed by atoms with Crippen molar-refractivity contribution in [3.8, 4) is 0 Å². The Labute approximate surface area is 114 Å². The van der Waals surface area contributed by atoms with Crippen LogP contribution in [0.3, 0.4) is 0 Å². The van der Waals surface area contributed by atoms with Gasteiger partial charge in [0, 0.05) is 15.8 Å². The fourth-order valence-electron chi connectivity index (χ4n) is 1.55. The number of amides is 2. The summed E-state index contributed by atoms with van der Waals surface area (Å²) in [5, 5.41) is 5.55. The summed E-state index contributed by atoms with van der Waals surface area (Å²) in [5.74, 6) is 0. The standard InChI is InChI=1S/C14H13BrN2O/c1-10-3-2-4-13(9-10)17-14(18)16-12-7-5-11(15)6-8-12/h2-9H,1H3,(H2,16,17,18). The number of aryl methyl sites for hydroxylation is 1. The molecule has 0 saturated carbocycles. The summed E-state index contributed by atoms with van der Waals surface area (Å²) >= 11 is 3.35. The van der Waals surface area contributed by atoms with Crippen molar-refractivity contribution in [3.05, 3.63) is 58.6 Å². The molecule has 0 spiro atoms. The summed E-state index contributed by atoms with van der Waals surface area (Å²) in [6.07, 6.45) is 0. The van der Waals surface area contributed by atoms with Crippen LogP contribution < -0.4 is 10.6 Å². The maximum Gasteiger partial charge on any atom is 0.323 e. The molecule has 0 bridgehead atoms. The quantitative estimate of drug-likeness (QED) is 0.848. The first-order valence-electron chi connectivity index (χ1n) is 5.54. The van der Waals surface area contributed by atoms with Gasteiger partial charge in [-0.2, -0.15) is 0 Å². The zero-order valence-electron chi connectivity index (χ0n) is 9.91. The van der Waals surface area contributed by atoms with Crippen LogP contribution in [-0.2, 0) is 0 Å². The molecule has 0 radical (unpaired) electrons. The Hall–Kier alpha value is -1.81. The highest BCUT2D eigenvalue weighted by molar-refractivity contribution is 9.10. The zero-order chi connectivity index (χ0) is 13.0. The molecule has 2 N–H and O–H groups in total. The highest BCUT2D eigenvalue weighted by Gasteiger charge is 2.02. The van der Waals surface area contributed by atoms with Gasteiger partial charge in [0.1, 0.15) is 0 Å². The van der Waals surface area contributed by atoms with Gasteiger partial charge in [0.05, 0.1) is 0 Å². The van der Waals surface area contributed by atoms with Gasteiger partial charge < -0.3 is 10.6 Å². The molecule has 0 aromatic heterocycles. The van der Waals surface area contributed by atoms with Gasteiger partial charge in [-0.05, 0) is 48.9 Å². The molecular weight excluding hydrogens is 292 g/mol. The second-order valence-corrected chi connectivity index (χ2v) is 4.87. The number of hydrogen-bond donors (Lipinski definition) is 2. The van der Waals surface area contributed by atoms with Crippen LogP contribution >= 0.6 is 15.9 Å². The molecule has 0 fully saturated rings. The predicted molar refractivity (Wildman–Crippen MR) is 78.0 cm³/mol. The van der Waals surface area contributed by atoms with Crippen LogP contribution in [-0.4, -0.2) is 6.03 Å². The molecule has 0 aliphatic rings. The number of rotatable bonds is 2. The molecule has 2 rings (SSSR count). The van der Waals surface area contributed by atoms with Crippen molar-refractivity contribution in [3.63, 3.8) is 0 Å².